The third-order valence-electron chi connectivity index (χ3n) is 4.35. The number of hydrogen-bond acceptors (Lipinski definition) is 1. The van der Waals surface area contributed by atoms with Crippen LogP contribution in [0.15, 0.2) is 0 Å². The molecule has 2 heterocycles. The van der Waals surface area contributed by atoms with Gasteiger partial charge in [0.15, 0.2) is 0 Å². The fourth-order valence-corrected chi connectivity index (χ4v) is 3.83. The van der Waals surface area contributed by atoms with Crippen molar-refractivity contribution in [1.29, 1.82) is 0 Å². The number of rotatable bonds is 0. The number of hydrogen-bond donors (Lipinski definition) is 0. The Morgan fingerprint density at radius 2 is 1.83 bits per heavy atom. The molecule has 0 amide bonds. The molecule has 2 aliphatic heterocycles. The number of nitrogens with zero attached hydrogens (tertiary/aromatic N) is 1. The van der Waals surface area contributed by atoms with E-state index in [1.54, 1.807) is 6.42 Å². The number of piperidine rings is 1. The first-order valence-corrected chi connectivity index (χ1v) is 5.69. The second kappa shape index (κ2) is 2.73. The minimum Gasteiger partial charge on any atom is -0.300 e. The molecule has 1 heteroatoms. The van der Waals surface area contributed by atoms with Crippen LogP contribution >= 0.6 is 0 Å². The van der Waals surface area contributed by atoms with E-state index in [-0.39, 0.29) is 0 Å². The van der Waals surface area contributed by atoms with E-state index in [4.69, 9.17) is 0 Å². The van der Waals surface area contributed by atoms with Gasteiger partial charge in [0.1, 0.15) is 0 Å². The average Bonchev–Trinajstić information content (AvgIpc) is 2.41. The first-order chi connectivity index (χ1) is 5.95. The normalized spacial score (nSPS) is 52.0. The maximum atomic E-state index is 2.79. The Bertz CT molecular complexity index is 160. The van der Waals surface area contributed by atoms with E-state index >= 15 is 0 Å². The molecule has 2 saturated heterocycles. The SMILES string of the molecule is C1CCC2C(C1)C1CCCN2C1. The molecule has 3 rings (SSSR count). The molecule has 0 radical (unpaired) electrons. The van der Waals surface area contributed by atoms with E-state index in [0.29, 0.717) is 0 Å². The summed E-state index contributed by atoms with van der Waals surface area (Å²) < 4.78 is 0. The fraction of sp³-hybridized carbons (Fsp3) is 1.00. The minimum absolute atomic E-state index is 1.02. The first-order valence-electron chi connectivity index (χ1n) is 5.69. The van der Waals surface area contributed by atoms with E-state index in [9.17, 15) is 0 Å². The highest BCUT2D eigenvalue weighted by Crippen LogP contribution is 2.44. The van der Waals surface area contributed by atoms with Crippen molar-refractivity contribution in [3.8, 4) is 0 Å². The summed E-state index contributed by atoms with van der Waals surface area (Å²) in [7, 11) is 0. The van der Waals surface area contributed by atoms with Crippen LogP contribution in [0.3, 0.4) is 0 Å². The Hall–Kier alpha value is -0.0400. The highest BCUT2D eigenvalue weighted by Gasteiger charge is 2.43. The molecule has 3 aliphatic rings. The number of fused-ring (bicyclic) bond motifs is 5. The Morgan fingerprint density at radius 3 is 2.83 bits per heavy atom. The molecule has 0 spiro atoms. The van der Waals surface area contributed by atoms with Crippen LogP contribution in [0.5, 0.6) is 0 Å². The molecular formula is C11H19N. The van der Waals surface area contributed by atoms with Crippen LogP contribution in [0.4, 0.5) is 0 Å². The summed E-state index contributed by atoms with van der Waals surface area (Å²) in [4.78, 5) is 2.79. The fourth-order valence-electron chi connectivity index (χ4n) is 3.83. The second-order valence-electron chi connectivity index (χ2n) is 4.91. The van der Waals surface area contributed by atoms with E-state index in [1.165, 1.54) is 45.2 Å². The van der Waals surface area contributed by atoms with Crippen molar-refractivity contribution in [2.24, 2.45) is 11.8 Å². The molecule has 0 aromatic heterocycles. The highest BCUT2D eigenvalue weighted by molar-refractivity contribution is 4.97. The van der Waals surface area contributed by atoms with Gasteiger partial charge in [0.25, 0.3) is 0 Å². The standard InChI is InChI=1S/C11H19N/c1-2-6-11-10(5-1)9-4-3-7-12(11)8-9/h9-11H,1-8H2. The maximum Gasteiger partial charge on any atom is 0.0127 e. The smallest absolute Gasteiger partial charge is 0.0127 e. The largest absolute Gasteiger partial charge is 0.300 e. The van der Waals surface area contributed by atoms with Crippen molar-refractivity contribution < 1.29 is 0 Å². The van der Waals surface area contributed by atoms with Gasteiger partial charge in [-0.3, -0.25) is 4.90 Å². The van der Waals surface area contributed by atoms with Gasteiger partial charge in [-0.1, -0.05) is 12.8 Å². The highest BCUT2D eigenvalue weighted by atomic mass is 15.2. The van der Waals surface area contributed by atoms with Gasteiger partial charge < -0.3 is 0 Å². The molecular weight excluding hydrogens is 146 g/mol. The molecule has 0 N–H and O–H groups in total. The molecule has 4 unspecified atom stereocenters. The zero-order valence-electron chi connectivity index (χ0n) is 7.84. The van der Waals surface area contributed by atoms with E-state index < -0.39 is 0 Å². The van der Waals surface area contributed by atoms with Gasteiger partial charge in [0, 0.05) is 12.6 Å². The molecule has 0 aromatic carbocycles. The molecule has 0 aromatic rings. The van der Waals surface area contributed by atoms with Crippen LogP contribution < -0.4 is 0 Å². The molecule has 12 heavy (non-hydrogen) atoms. The van der Waals surface area contributed by atoms with Gasteiger partial charge in [0.2, 0.25) is 0 Å². The molecule has 2 bridgehead atoms. The minimum atomic E-state index is 1.02. The van der Waals surface area contributed by atoms with Gasteiger partial charge in [-0.25, -0.2) is 0 Å². The Morgan fingerprint density at radius 1 is 0.917 bits per heavy atom. The summed E-state index contributed by atoms with van der Waals surface area (Å²) >= 11 is 0. The monoisotopic (exact) mass is 165 g/mol. The van der Waals surface area contributed by atoms with Crippen LogP contribution in [0, 0.1) is 11.8 Å². The maximum absolute atomic E-state index is 2.79. The molecule has 3 fully saturated rings. The molecule has 1 saturated carbocycles. The average molecular weight is 165 g/mol. The van der Waals surface area contributed by atoms with Gasteiger partial charge in [-0.05, 0) is 44.1 Å². The lowest BCUT2D eigenvalue weighted by Gasteiger charge is -2.30. The van der Waals surface area contributed by atoms with Crippen molar-refractivity contribution >= 4 is 0 Å². The van der Waals surface area contributed by atoms with Crippen molar-refractivity contribution in [2.45, 2.75) is 44.6 Å². The van der Waals surface area contributed by atoms with Gasteiger partial charge >= 0.3 is 0 Å². The summed E-state index contributed by atoms with van der Waals surface area (Å²) in [6.07, 6.45) is 9.11. The second-order valence-corrected chi connectivity index (χ2v) is 4.91. The quantitative estimate of drug-likeness (QED) is 0.532. The third-order valence-corrected chi connectivity index (χ3v) is 4.35. The van der Waals surface area contributed by atoms with Gasteiger partial charge in [-0.2, -0.15) is 0 Å². The van der Waals surface area contributed by atoms with Crippen LogP contribution in [-0.2, 0) is 0 Å². The molecule has 4 atom stereocenters. The van der Waals surface area contributed by atoms with Crippen LogP contribution in [0.1, 0.15) is 38.5 Å². The lowest BCUT2D eigenvalue weighted by atomic mass is 9.79. The zero-order chi connectivity index (χ0) is 7.97. The predicted octanol–water partition coefficient (Wildman–Crippen LogP) is 2.27. The topological polar surface area (TPSA) is 3.24 Å². The summed E-state index contributed by atoms with van der Waals surface area (Å²) in [5.41, 5.74) is 0. The van der Waals surface area contributed by atoms with Crippen molar-refractivity contribution in [3.63, 3.8) is 0 Å². The van der Waals surface area contributed by atoms with Crippen LogP contribution in [0.25, 0.3) is 0 Å². The lowest BCUT2D eigenvalue weighted by Crippen LogP contribution is -2.35. The van der Waals surface area contributed by atoms with Crippen LogP contribution in [0.2, 0.25) is 0 Å². The first kappa shape index (κ1) is 7.37. The Labute approximate surface area is 75.1 Å². The third kappa shape index (κ3) is 0.953. The summed E-state index contributed by atoms with van der Waals surface area (Å²) in [5, 5.41) is 0. The predicted molar refractivity (Wildman–Crippen MR) is 50.0 cm³/mol. The van der Waals surface area contributed by atoms with E-state index in [2.05, 4.69) is 4.90 Å². The molecule has 1 aliphatic carbocycles. The van der Waals surface area contributed by atoms with Gasteiger partial charge in [0.05, 0.1) is 0 Å². The molecule has 68 valence electrons. The van der Waals surface area contributed by atoms with Crippen molar-refractivity contribution in [3.05, 3.63) is 0 Å². The van der Waals surface area contributed by atoms with E-state index in [1.807, 2.05) is 0 Å². The molecule has 1 nitrogen and oxygen atoms in total. The van der Waals surface area contributed by atoms with E-state index in [0.717, 1.165) is 17.9 Å². The summed E-state index contributed by atoms with van der Waals surface area (Å²) in [5.74, 6) is 2.21. The van der Waals surface area contributed by atoms with Crippen molar-refractivity contribution in [2.75, 3.05) is 13.1 Å². The van der Waals surface area contributed by atoms with Gasteiger partial charge in [-0.15, -0.1) is 0 Å². The lowest BCUT2D eigenvalue weighted by molar-refractivity contribution is 0.186. The summed E-state index contributed by atoms with van der Waals surface area (Å²) in [6.45, 7) is 2.87. The zero-order valence-corrected chi connectivity index (χ0v) is 7.84. The Kier molecular flexibility index (Phi) is 1.68. The Balaban J connectivity index is 1.83. The summed E-state index contributed by atoms with van der Waals surface area (Å²) in [6, 6.07) is 1.02. The van der Waals surface area contributed by atoms with Crippen molar-refractivity contribution in [1.82, 2.24) is 4.90 Å². The van der Waals surface area contributed by atoms with Crippen LogP contribution in [-0.4, -0.2) is 24.0 Å².